The van der Waals surface area contributed by atoms with Crippen molar-refractivity contribution in [3.8, 4) is 0 Å². The molecule has 0 aliphatic carbocycles. The molecule has 5 nitrogen and oxygen atoms in total. The van der Waals surface area contributed by atoms with Gasteiger partial charge in [0.1, 0.15) is 6.04 Å². The number of rotatable bonds is 3. The quantitative estimate of drug-likeness (QED) is 0.868. The van der Waals surface area contributed by atoms with Crippen LogP contribution < -0.4 is 10.6 Å². The van der Waals surface area contributed by atoms with Gasteiger partial charge in [-0.05, 0) is 17.7 Å². The van der Waals surface area contributed by atoms with Crippen LogP contribution in [0.15, 0.2) is 28.7 Å². The third-order valence-corrected chi connectivity index (χ3v) is 2.58. The van der Waals surface area contributed by atoms with Gasteiger partial charge in [0.15, 0.2) is 0 Å². The lowest BCUT2D eigenvalue weighted by Gasteiger charge is -2.14. The van der Waals surface area contributed by atoms with E-state index in [4.69, 9.17) is 10.2 Å². The predicted octanol–water partition coefficient (Wildman–Crippen LogP) is 1.49. The highest BCUT2D eigenvalue weighted by Crippen LogP contribution is 2.21. The first-order valence-corrected chi connectivity index (χ1v) is 5.41. The number of nitrogens with zero attached hydrogens (tertiary/aromatic N) is 3. The Labute approximate surface area is 100 Å². The molecule has 0 spiro atoms. The molecule has 1 atom stereocenters. The van der Waals surface area contributed by atoms with Gasteiger partial charge in [0.05, 0.1) is 0 Å². The molecule has 0 aliphatic heterocycles. The Kier molecular flexibility index (Phi) is 3.10. The SMILES string of the molecule is Cc1nnc(C(N)c2ccc(N(C)C)cc2)o1. The first-order valence-electron chi connectivity index (χ1n) is 5.41. The molecule has 5 heteroatoms. The number of nitrogens with two attached hydrogens (primary N) is 1. The first-order chi connectivity index (χ1) is 8.08. The third kappa shape index (κ3) is 2.45. The Morgan fingerprint density at radius 1 is 1.18 bits per heavy atom. The third-order valence-electron chi connectivity index (χ3n) is 2.58. The fraction of sp³-hybridized carbons (Fsp3) is 0.333. The number of aromatic nitrogens is 2. The van der Waals surface area contributed by atoms with Crippen LogP contribution in [0.3, 0.4) is 0 Å². The van der Waals surface area contributed by atoms with E-state index in [-0.39, 0.29) is 6.04 Å². The highest BCUT2D eigenvalue weighted by atomic mass is 16.4. The maximum absolute atomic E-state index is 6.05. The van der Waals surface area contributed by atoms with Crippen LogP contribution in [-0.4, -0.2) is 24.3 Å². The summed E-state index contributed by atoms with van der Waals surface area (Å²) in [5, 5.41) is 7.70. The van der Waals surface area contributed by atoms with Gasteiger partial charge in [-0.1, -0.05) is 12.1 Å². The van der Waals surface area contributed by atoms with Crippen molar-refractivity contribution < 1.29 is 4.42 Å². The van der Waals surface area contributed by atoms with E-state index < -0.39 is 0 Å². The highest BCUT2D eigenvalue weighted by Gasteiger charge is 2.15. The second-order valence-electron chi connectivity index (χ2n) is 4.12. The van der Waals surface area contributed by atoms with Crippen molar-refractivity contribution in [2.24, 2.45) is 5.73 Å². The van der Waals surface area contributed by atoms with Crippen LogP contribution in [0.4, 0.5) is 5.69 Å². The van der Waals surface area contributed by atoms with Gasteiger partial charge in [-0.25, -0.2) is 0 Å². The Hall–Kier alpha value is -1.88. The fourth-order valence-electron chi connectivity index (χ4n) is 1.56. The molecule has 1 aromatic carbocycles. The van der Waals surface area contributed by atoms with Gasteiger partial charge in [0, 0.05) is 26.7 Å². The van der Waals surface area contributed by atoms with Gasteiger partial charge in [0.25, 0.3) is 0 Å². The topological polar surface area (TPSA) is 68.2 Å². The van der Waals surface area contributed by atoms with Crippen molar-refractivity contribution in [2.75, 3.05) is 19.0 Å². The monoisotopic (exact) mass is 232 g/mol. The summed E-state index contributed by atoms with van der Waals surface area (Å²) < 4.78 is 5.32. The van der Waals surface area contributed by atoms with Crippen LogP contribution >= 0.6 is 0 Å². The van der Waals surface area contributed by atoms with E-state index in [0.29, 0.717) is 11.8 Å². The van der Waals surface area contributed by atoms with Gasteiger partial charge in [-0.3, -0.25) is 0 Å². The summed E-state index contributed by atoms with van der Waals surface area (Å²) in [6.07, 6.45) is 0. The maximum atomic E-state index is 6.05. The summed E-state index contributed by atoms with van der Waals surface area (Å²) in [6, 6.07) is 7.60. The zero-order valence-corrected chi connectivity index (χ0v) is 10.2. The van der Waals surface area contributed by atoms with Gasteiger partial charge < -0.3 is 15.1 Å². The zero-order chi connectivity index (χ0) is 12.4. The minimum absolute atomic E-state index is 0.368. The Morgan fingerprint density at radius 2 is 1.82 bits per heavy atom. The van der Waals surface area contributed by atoms with Gasteiger partial charge in [0.2, 0.25) is 11.8 Å². The van der Waals surface area contributed by atoms with E-state index in [9.17, 15) is 0 Å². The summed E-state index contributed by atoms with van der Waals surface area (Å²) in [6.45, 7) is 1.75. The number of anilines is 1. The molecule has 2 aromatic rings. The second-order valence-corrected chi connectivity index (χ2v) is 4.12. The lowest BCUT2D eigenvalue weighted by molar-refractivity contribution is 0.450. The van der Waals surface area contributed by atoms with E-state index in [2.05, 4.69) is 10.2 Å². The van der Waals surface area contributed by atoms with E-state index in [1.807, 2.05) is 43.3 Å². The molecule has 1 heterocycles. The minimum Gasteiger partial charge on any atom is -0.424 e. The molecule has 1 unspecified atom stereocenters. The molecule has 90 valence electrons. The summed E-state index contributed by atoms with van der Waals surface area (Å²) in [4.78, 5) is 2.03. The molecule has 0 saturated heterocycles. The lowest BCUT2D eigenvalue weighted by atomic mass is 10.1. The molecule has 2 rings (SSSR count). The average molecular weight is 232 g/mol. The molecular formula is C12H16N4O. The standard InChI is InChI=1S/C12H16N4O/c1-8-14-15-12(17-8)11(13)9-4-6-10(7-5-9)16(2)3/h4-7,11H,13H2,1-3H3. The zero-order valence-electron chi connectivity index (χ0n) is 10.2. The molecule has 17 heavy (non-hydrogen) atoms. The summed E-state index contributed by atoms with van der Waals surface area (Å²) in [5.41, 5.74) is 8.13. The molecule has 0 amide bonds. The molecule has 0 saturated carbocycles. The first kappa shape index (κ1) is 11.6. The Morgan fingerprint density at radius 3 is 2.29 bits per heavy atom. The van der Waals surface area contributed by atoms with Crippen LogP contribution in [0, 0.1) is 6.92 Å². The van der Waals surface area contributed by atoms with E-state index in [1.54, 1.807) is 6.92 Å². The summed E-state index contributed by atoms with van der Waals surface area (Å²) >= 11 is 0. The number of hydrogen-bond acceptors (Lipinski definition) is 5. The molecule has 0 bridgehead atoms. The normalized spacial score (nSPS) is 12.5. The van der Waals surface area contributed by atoms with Crippen molar-refractivity contribution >= 4 is 5.69 Å². The molecule has 2 N–H and O–H groups in total. The van der Waals surface area contributed by atoms with Gasteiger partial charge in [-0.2, -0.15) is 0 Å². The largest absolute Gasteiger partial charge is 0.424 e. The number of benzene rings is 1. The van der Waals surface area contributed by atoms with Crippen LogP contribution in [0.1, 0.15) is 23.4 Å². The lowest BCUT2D eigenvalue weighted by Crippen LogP contribution is -2.13. The molecule has 1 aromatic heterocycles. The summed E-state index contributed by atoms with van der Waals surface area (Å²) in [5.74, 6) is 0.973. The maximum Gasteiger partial charge on any atom is 0.237 e. The van der Waals surface area contributed by atoms with Crippen molar-refractivity contribution in [2.45, 2.75) is 13.0 Å². The van der Waals surface area contributed by atoms with Gasteiger partial charge in [-0.15, -0.1) is 10.2 Å². The molecule has 0 radical (unpaired) electrons. The van der Waals surface area contributed by atoms with E-state index >= 15 is 0 Å². The molecule has 0 aliphatic rings. The van der Waals surface area contributed by atoms with Crippen molar-refractivity contribution in [1.82, 2.24) is 10.2 Å². The average Bonchev–Trinajstić information content (AvgIpc) is 2.75. The van der Waals surface area contributed by atoms with Crippen molar-refractivity contribution in [3.63, 3.8) is 0 Å². The molecular weight excluding hydrogens is 216 g/mol. The van der Waals surface area contributed by atoms with Crippen LogP contribution in [0.2, 0.25) is 0 Å². The summed E-state index contributed by atoms with van der Waals surface area (Å²) in [7, 11) is 3.99. The second kappa shape index (κ2) is 4.55. The van der Waals surface area contributed by atoms with Crippen molar-refractivity contribution in [3.05, 3.63) is 41.6 Å². The fourth-order valence-corrected chi connectivity index (χ4v) is 1.56. The number of hydrogen-bond donors (Lipinski definition) is 1. The van der Waals surface area contributed by atoms with Crippen molar-refractivity contribution in [1.29, 1.82) is 0 Å². The predicted molar refractivity (Wildman–Crippen MR) is 65.8 cm³/mol. The van der Waals surface area contributed by atoms with Crippen LogP contribution in [-0.2, 0) is 0 Å². The highest BCUT2D eigenvalue weighted by molar-refractivity contribution is 5.46. The van der Waals surface area contributed by atoms with Crippen LogP contribution in [0.25, 0.3) is 0 Å². The Bertz CT molecular complexity index is 489. The van der Waals surface area contributed by atoms with E-state index in [1.165, 1.54) is 0 Å². The minimum atomic E-state index is -0.368. The molecule has 0 fully saturated rings. The number of aryl methyl sites for hydroxylation is 1. The smallest absolute Gasteiger partial charge is 0.237 e. The van der Waals surface area contributed by atoms with Crippen LogP contribution in [0.5, 0.6) is 0 Å². The van der Waals surface area contributed by atoms with E-state index in [0.717, 1.165) is 11.3 Å². The van der Waals surface area contributed by atoms with Gasteiger partial charge >= 0.3 is 0 Å². The Balaban J connectivity index is 2.22.